The number of amides is 1. The normalized spacial score (nSPS) is 13.2. The minimum atomic E-state index is -0.0329. The minimum Gasteiger partial charge on any atom is -0.489 e. The van der Waals surface area contributed by atoms with Gasteiger partial charge in [-0.3, -0.25) is 4.79 Å². The van der Waals surface area contributed by atoms with Gasteiger partial charge in [-0.25, -0.2) is 4.99 Å². The lowest BCUT2D eigenvalue weighted by molar-refractivity contribution is -0.127. The van der Waals surface area contributed by atoms with Gasteiger partial charge in [0.15, 0.2) is 5.96 Å². The highest BCUT2D eigenvalue weighted by Gasteiger charge is 2.10. The fourth-order valence-corrected chi connectivity index (χ4v) is 1.96. The SMILES string of the molecule is CCC(C)NC(=NCC(=O)N(C)C)NCC(C)Oc1ccccc1C.I. The number of halogens is 1. The summed E-state index contributed by atoms with van der Waals surface area (Å²) in [7, 11) is 3.45. The number of benzene rings is 1. The summed E-state index contributed by atoms with van der Waals surface area (Å²) < 4.78 is 5.97. The van der Waals surface area contributed by atoms with Gasteiger partial charge in [0.2, 0.25) is 5.91 Å². The van der Waals surface area contributed by atoms with Crippen molar-refractivity contribution >= 4 is 35.8 Å². The fourth-order valence-electron chi connectivity index (χ4n) is 1.96. The minimum absolute atomic E-state index is 0. The summed E-state index contributed by atoms with van der Waals surface area (Å²) in [6, 6.07) is 8.22. The number of aryl methyl sites for hydroxylation is 1. The molecule has 1 amide bonds. The Morgan fingerprint density at radius 3 is 2.50 bits per heavy atom. The number of hydrogen-bond acceptors (Lipinski definition) is 3. The Kier molecular flexibility index (Phi) is 12.0. The fraction of sp³-hybridized carbons (Fsp3) is 0.579. The van der Waals surface area contributed by atoms with E-state index in [4.69, 9.17) is 4.74 Å². The molecule has 0 bridgehead atoms. The van der Waals surface area contributed by atoms with Crippen LogP contribution < -0.4 is 15.4 Å². The zero-order chi connectivity index (χ0) is 18.8. The number of guanidine groups is 1. The van der Waals surface area contributed by atoms with Gasteiger partial charge in [-0.15, -0.1) is 24.0 Å². The van der Waals surface area contributed by atoms with Gasteiger partial charge in [0.05, 0.1) is 6.54 Å². The number of rotatable bonds is 8. The zero-order valence-corrected chi connectivity index (χ0v) is 19.0. The van der Waals surface area contributed by atoms with Crippen LogP contribution in [0, 0.1) is 6.92 Å². The number of carbonyl (C=O) groups is 1. The molecule has 0 aliphatic carbocycles. The molecule has 0 aliphatic rings. The standard InChI is InChI=1S/C19H32N4O2.HI/c1-7-15(3)22-19(21-13-18(24)23(5)6)20-12-16(4)25-17-11-9-8-10-14(17)2;/h8-11,15-16H,7,12-13H2,1-6H3,(H2,20,21,22);1H. The van der Waals surface area contributed by atoms with Gasteiger partial charge in [0.1, 0.15) is 18.4 Å². The lowest BCUT2D eigenvalue weighted by atomic mass is 10.2. The molecule has 0 saturated carbocycles. The summed E-state index contributed by atoms with van der Waals surface area (Å²) in [5.41, 5.74) is 1.11. The van der Waals surface area contributed by atoms with E-state index in [1.807, 2.05) is 38.1 Å². The van der Waals surface area contributed by atoms with E-state index in [2.05, 4.69) is 29.5 Å². The molecule has 0 aliphatic heterocycles. The summed E-state index contributed by atoms with van der Waals surface area (Å²) >= 11 is 0. The van der Waals surface area contributed by atoms with Crippen molar-refractivity contribution in [2.45, 2.75) is 46.3 Å². The second-order valence-corrected chi connectivity index (χ2v) is 6.48. The van der Waals surface area contributed by atoms with Crippen LogP contribution in [-0.4, -0.2) is 56.1 Å². The van der Waals surface area contributed by atoms with Crippen molar-refractivity contribution in [1.82, 2.24) is 15.5 Å². The predicted octanol–water partition coefficient (Wildman–Crippen LogP) is 2.80. The van der Waals surface area contributed by atoms with Crippen molar-refractivity contribution in [3.05, 3.63) is 29.8 Å². The summed E-state index contributed by atoms with van der Waals surface area (Å²) in [6.07, 6.45) is 0.937. The maximum absolute atomic E-state index is 11.8. The maximum Gasteiger partial charge on any atom is 0.243 e. The van der Waals surface area contributed by atoms with Crippen LogP contribution in [0.5, 0.6) is 5.75 Å². The topological polar surface area (TPSA) is 66.0 Å². The Hall–Kier alpha value is -1.51. The van der Waals surface area contributed by atoms with Crippen LogP contribution in [0.3, 0.4) is 0 Å². The molecule has 1 rings (SSSR count). The third-order valence-electron chi connectivity index (χ3n) is 3.85. The van der Waals surface area contributed by atoms with E-state index in [1.54, 1.807) is 14.1 Å². The molecule has 0 fully saturated rings. The number of ether oxygens (including phenoxy) is 1. The average molecular weight is 476 g/mol. The molecule has 0 radical (unpaired) electrons. The van der Waals surface area contributed by atoms with E-state index in [0.717, 1.165) is 17.7 Å². The molecular formula is C19H33IN4O2. The highest BCUT2D eigenvalue weighted by molar-refractivity contribution is 14.0. The third-order valence-corrected chi connectivity index (χ3v) is 3.85. The van der Waals surface area contributed by atoms with E-state index in [-0.39, 0.29) is 48.6 Å². The Morgan fingerprint density at radius 2 is 1.92 bits per heavy atom. The van der Waals surface area contributed by atoms with Crippen molar-refractivity contribution in [3.8, 4) is 5.75 Å². The quantitative estimate of drug-likeness (QED) is 0.344. The zero-order valence-electron chi connectivity index (χ0n) is 16.7. The third kappa shape index (κ3) is 9.26. The molecule has 0 saturated heterocycles. The Bertz CT molecular complexity index is 578. The lowest BCUT2D eigenvalue weighted by Crippen LogP contribution is -2.45. The van der Waals surface area contributed by atoms with E-state index >= 15 is 0 Å². The Balaban J connectivity index is 0.00000625. The first-order chi connectivity index (χ1) is 11.8. The first-order valence-electron chi connectivity index (χ1n) is 8.80. The van der Waals surface area contributed by atoms with Crippen molar-refractivity contribution in [2.75, 3.05) is 27.2 Å². The molecule has 148 valence electrons. The summed E-state index contributed by atoms with van der Waals surface area (Å²) in [4.78, 5) is 17.7. The molecule has 6 nitrogen and oxygen atoms in total. The van der Waals surface area contributed by atoms with Gasteiger partial charge in [-0.05, 0) is 38.8 Å². The van der Waals surface area contributed by atoms with E-state index in [0.29, 0.717) is 12.5 Å². The Labute approximate surface area is 174 Å². The maximum atomic E-state index is 11.8. The van der Waals surface area contributed by atoms with Gasteiger partial charge >= 0.3 is 0 Å². The van der Waals surface area contributed by atoms with Crippen molar-refractivity contribution in [1.29, 1.82) is 0 Å². The van der Waals surface area contributed by atoms with Crippen LogP contribution in [0.2, 0.25) is 0 Å². The van der Waals surface area contributed by atoms with E-state index in [9.17, 15) is 4.79 Å². The number of likely N-dealkylation sites (N-methyl/N-ethyl adjacent to an activating group) is 1. The van der Waals surface area contributed by atoms with Crippen LogP contribution >= 0.6 is 24.0 Å². The molecular weight excluding hydrogens is 443 g/mol. The van der Waals surface area contributed by atoms with Crippen molar-refractivity contribution in [2.24, 2.45) is 4.99 Å². The molecule has 2 atom stereocenters. The Morgan fingerprint density at radius 1 is 1.27 bits per heavy atom. The van der Waals surface area contributed by atoms with Gasteiger partial charge in [0.25, 0.3) is 0 Å². The van der Waals surface area contributed by atoms with Gasteiger partial charge in [-0.2, -0.15) is 0 Å². The molecule has 2 unspecified atom stereocenters. The molecule has 7 heteroatoms. The second kappa shape index (κ2) is 12.8. The molecule has 26 heavy (non-hydrogen) atoms. The number of nitrogens with one attached hydrogen (secondary N) is 2. The first-order valence-corrected chi connectivity index (χ1v) is 8.80. The molecule has 0 spiro atoms. The highest BCUT2D eigenvalue weighted by Crippen LogP contribution is 2.17. The average Bonchev–Trinajstić information content (AvgIpc) is 2.58. The molecule has 0 aromatic heterocycles. The molecule has 1 aromatic carbocycles. The molecule has 2 N–H and O–H groups in total. The van der Waals surface area contributed by atoms with E-state index < -0.39 is 0 Å². The summed E-state index contributed by atoms with van der Waals surface area (Å²) in [5.74, 6) is 1.48. The smallest absolute Gasteiger partial charge is 0.243 e. The molecule has 0 heterocycles. The first kappa shape index (κ1) is 24.5. The van der Waals surface area contributed by atoms with E-state index in [1.165, 1.54) is 4.90 Å². The number of carbonyl (C=O) groups excluding carboxylic acids is 1. The monoisotopic (exact) mass is 476 g/mol. The van der Waals surface area contributed by atoms with Crippen LogP contribution in [0.4, 0.5) is 0 Å². The summed E-state index contributed by atoms with van der Waals surface area (Å²) in [5, 5.41) is 6.57. The van der Waals surface area contributed by atoms with Crippen LogP contribution in [0.1, 0.15) is 32.8 Å². The van der Waals surface area contributed by atoms with Gasteiger partial charge < -0.3 is 20.3 Å². The number of hydrogen-bond donors (Lipinski definition) is 2. The largest absolute Gasteiger partial charge is 0.489 e. The number of aliphatic imine (C=N–C) groups is 1. The van der Waals surface area contributed by atoms with Crippen molar-refractivity contribution < 1.29 is 9.53 Å². The predicted molar refractivity (Wildman–Crippen MR) is 119 cm³/mol. The van der Waals surface area contributed by atoms with Gasteiger partial charge in [0, 0.05) is 20.1 Å². The van der Waals surface area contributed by atoms with Gasteiger partial charge in [-0.1, -0.05) is 25.1 Å². The van der Waals surface area contributed by atoms with Crippen LogP contribution in [0.25, 0.3) is 0 Å². The van der Waals surface area contributed by atoms with Crippen LogP contribution in [0.15, 0.2) is 29.3 Å². The summed E-state index contributed by atoms with van der Waals surface area (Å²) in [6.45, 7) is 8.92. The number of nitrogens with zero attached hydrogens (tertiary/aromatic N) is 2. The highest BCUT2D eigenvalue weighted by atomic mass is 127. The second-order valence-electron chi connectivity index (χ2n) is 6.48. The van der Waals surface area contributed by atoms with Crippen LogP contribution in [-0.2, 0) is 4.79 Å². The molecule has 1 aromatic rings. The van der Waals surface area contributed by atoms with Crippen molar-refractivity contribution in [3.63, 3.8) is 0 Å². The lowest BCUT2D eigenvalue weighted by Gasteiger charge is -2.21. The number of para-hydroxylation sites is 1.